The summed E-state index contributed by atoms with van der Waals surface area (Å²) in [6, 6.07) is 5.91. The molecule has 0 aliphatic carbocycles. The van der Waals surface area contributed by atoms with Gasteiger partial charge >= 0.3 is 0 Å². The molecule has 1 saturated heterocycles. The molecule has 2 heterocycles. The van der Waals surface area contributed by atoms with Gasteiger partial charge in [0.25, 0.3) is 0 Å². The number of hydrogen-bond donors (Lipinski definition) is 1. The number of benzene rings is 1. The number of hydrogen-bond acceptors (Lipinski definition) is 5. The summed E-state index contributed by atoms with van der Waals surface area (Å²) in [5, 5.41) is 12.1. The van der Waals surface area contributed by atoms with Crippen molar-refractivity contribution in [2.24, 2.45) is 0 Å². The fourth-order valence-corrected chi connectivity index (χ4v) is 3.67. The average Bonchev–Trinajstić information content (AvgIpc) is 3.22. The van der Waals surface area contributed by atoms with Gasteiger partial charge in [0.05, 0.1) is 18.4 Å². The highest BCUT2D eigenvalue weighted by Crippen LogP contribution is 2.22. The highest BCUT2D eigenvalue weighted by molar-refractivity contribution is 7.99. The Hall–Kier alpha value is -1.86. The second-order valence-electron chi connectivity index (χ2n) is 6.36. The summed E-state index contributed by atoms with van der Waals surface area (Å²) in [4.78, 5) is 12.3. The summed E-state index contributed by atoms with van der Waals surface area (Å²) < 4.78 is 7.75. The smallest absolute Gasteiger partial charge is 0.234 e. The van der Waals surface area contributed by atoms with Crippen LogP contribution < -0.4 is 5.32 Å². The number of rotatable bonds is 6. The van der Waals surface area contributed by atoms with E-state index >= 15 is 0 Å². The SMILES string of the molecule is Cc1cccc(NC(=O)CSc2nnc(C)n2C[C@@H]2CCCO2)c1C. The van der Waals surface area contributed by atoms with Gasteiger partial charge in [0.15, 0.2) is 5.16 Å². The third-order valence-electron chi connectivity index (χ3n) is 4.52. The number of carbonyl (C=O) groups excluding carboxylic acids is 1. The topological polar surface area (TPSA) is 69.0 Å². The number of aromatic nitrogens is 3. The van der Waals surface area contributed by atoms with Crippen LogP contribution in [-0.2, 0) is 16.1 Å². The second kappa shape index (κ2) is 8.01. The number of carbonyl (C=O) groups is 1. The number of thioether (sulfide) groups is 1. The third kappa shape index (κ3) is 4.41. The molecule has 0 unspecified atom stereocenters. The van der Waals surface area contributed by atoms with Gasteiger partial charge in [-0.2, -0.15) is 0 Å². The average molecular weight is 360 g/mol. The van der Waals surface area contributed by atoms with Gasteiger partial charge in [0.2, 0.25) is 5.91 Å². The number of amides is 1. The molecule has 1 aliphatic heterocycles. The van der Waals surface area contributed by atoms with Crippen LogP contribution in [0, 0.1) is 20.8 Å². The van der Waals surface area contributed by atoms with E-state index in [0.29, 0.717) is 5.75 Å². The molecule has 134 valence electrons. The Labute approximate surface area is 152 Å². The van der Waals surface area contributed by atoms with E-state index in [0.717, 1.165) is 53.8 Å². The largest absolute Gasteiger partial charge is 0.376 e. The normalized spacial score (nSPS) is 17.0. The summed E-state index contributed by atoms with van der Waals surface area (Å²) in [6.07, 6.45) is 2.39. The molecule has 0 saturated carbocycles. The number of nitrogens with one attached hydrogen (secondary N) is 1. The maximum absolute atomic E-state index is 12.3. The fourth-order valence-electron chi connectivity index (χ4n) is 2.87. The number of anilines is 1. The van der Waals surface area contributed by atoms with Gasteiger partial charge in [-0.15, -0.1) is 10.2 Å². The summed E-state index contributed by atoms with van der Waals surface area (Å²) in [6.45, 7) is 7.56. The van der Waals surface area contributed by atoms with Crippen LogP contribution >= 0.6 is 11.8 Å². The lowest BCUT2D eigenvalue weighted by Crippen LogP contribution is -2.18. The van der Waals surface area contributed by atoms with Crippen LogP contribution in [0.2, 0.25) is 0 Å². The van der Waals surface area contributed by atoms with Crippen molar-refractivity contribution < 1.29 is 9.53 Å². The monoisotopic (exact) mass is 360 g/mol. The van der Waals surface area contributed by atoms with E-state index in [1.165, 1.54) is 11.8 Å². The van der Waals surface area contributed by atoms with E-state index in [-0.39, 0.29) is 12.0 Å². The van der Waals surface area contributed by atoms with Crippen molar-refractivity contribution in [1.82, 2.24) is 14.8 Å². The highest BCUT2D eigenvalue weighted by Gasteiger charge is 2.20. The lowest BCUT2D eigenvalue weighted by molar-refractivity contribution is -0.113. The second-order valence-corrected chi connectivity index (χ2v) is 7.30. The Kier molecular flexibility index (Phi) is 5.75. The van der Waals surface area contributed by atoms with Gasteiger partial charge in [0.1, 0.15) is 5.82 Å². The molecule has 25 heavy (non-hydrogen) atoms. The maximum Gasteiger partial charge on any atom is 0.234 e. The van der Waals surface area contributed by atoms with E-state index in [2.05, 4.69) is 15.5 Å². The molecule has 1 amide bonds. The molecular weight excluding hydrogens is 336 g/mol. The van der Waals surface area contributed by atoms with Crippen molar-refractivity contribution in [2.75, 3.05) is 17.7 Å². The van der Waals surface area contributed by atoms with Crippen LogP contribution in [0.15, 0.2) is 23.4 Å². The molecule has 0 radical (unpaired) electrons. The zero-order chi connectivity index (χ0) is 17.8. The molecule has 1 fully saturated rings. The van der Waals surface area contributed by atoms with Crippen LogP contribution in [0.1, 0.15) is 29.8 Å². The lowest BCUT2D eigenvalue weighted by atomic mass is 10.1. The van der Waals surface area contributed by atoms with Crippen LogP contribution in [0.4, 0.5) is 5.69 Å². The van der Waals surface area contributed by atoms with Gasteiger partial charge in [-0.1, -0.05) is 23.9 Å². The predicted octanol–water partition coefficient (Wildman–Crippen LogP) is 3.11. The quantitative estimate of drug-likeness (QED) is 0.802. The molecular formula is C18H24N4O2S. The Morgan fingerprint density at radius 3 is 2.96 bits per heavy atom. The summed E-state index contributed by atoms with van der Waals surface area (Å²) in [5.74, 6) is 1.12. The zero-order valence-corrected chi connectivity index (χ0v) is 15.7. The van der Waals surface area contributed by atoms with E-state index in [4.69, 9.17) is 4.74 Å². The molecule has 3 rings (SSSR count). The minimum atomic E-state index is -0.0389. The molecule has 0 spiro atoms. The van der Waals surface area contributed by atoms with Gasteiger partial charge in [-0.3, -0.25) is 4.79 Å². The van der Waals surface area contributed by atoms with Crippen LogP contribution in [0.3, 0.4) is 0 Å². The predicted molar refractivity (Wildman–Crippen MR) is 99.0 cm³/mol. The fraction of sp³-hybridized carbons (Fsp3) is 0.500. The Morgan fingerprint density at radius 1 is 1.36 bits per heavy atom. The molecule has 7 heteroatoms. The van der Waals surface area contributed by atoms with Crippen LogP contribution in [0.25, 0.3) is 0 Å². The molecule has 0 bridgehead atoms. The first kappa shape index (κ1) is 17.9. The first-order valence-corrected chi connectivity index (χ1v) is 9.53. The lowest BCUT2D eigenvalue weighted by Gasteiger charge is -2.13. The van der Waals surface area contributed by atoms with E-state index in [1.54, 1.807) is 0 Å². The van der Waals surface area contributed by atoms with E-state index < -0.39 is 0 Å². The van der Waals surface area contributed by atoms with Crippen molar-refractivity contribution in [1.29, 1.82) is 0 Å². The first-order valence-electron chi connectivity index (χ1n) is 8.55. The summed E-state index contributed by atoms with van der Waals surface area (Å²) >= 11 is 1.41. The van der Waals surface area contributed by atoms with Gasteiger partial charge < -0.3 is 14.6 Å². The maximum atomic E-state index is 12.3. The van der Waals surface area contributed by atoms with E-state index in [9.17, 15) is 4.79 Å². The summed E-state index contributed by atoms with van der Waals surface area (Å²) in [5.41, 5.74) is 3.12. The third-order valence-corrected chi connectivity index (χ3v) is 5.49. The molecule has 1 aromatic carbocycles. The highest BCUT2D eigenvalue weighted by atomic mass is 32.2. The molecule has 6 nitrogen and oxygen atoms in total. The number of ether oxygens (including phenoxy) is 1. The van der Waals surface area contributed by atoms with Crippen molar-refractivity contribution in [3.05, 3.63) is 35.2 Å². The molecule has 1 aromatic heterocycles. The molecule has 2 aromatic rings. The van der Waals surface area contributed by atoms with Crippen molar-refractivity contribution in [3.8, 4) is 0 Å². The van der Waals surface area contributed by atoms with Gasteiger partial charge in [-0.25, -0.2) is 0 Å². The zero-order valence-electron chi connectivity index (χ0n) is 14.9. The number of aryl methyl sites for hydroxylation is 2. The Bertz CT molecular complexity index is 754. The van der Waals surface area contributed by atoms with Crippen LogP contribution in [0.5, 0.6) is 0 Å². The Balaban J connectivity index is 1.59. The van der Waals surface area contributed by atoms with Crippen molar-refractivity contribution >= 4 is 23.4 Å². The van der Waals surface area contributed by atoms with Crippen molar-refractivity contribution in [3.63, 3.8) is 0 Å². The summed E-state index contributed by atoms with van der Waals surface area (Å²) in [7, 11) is 0. The molecule has 1 aliphatic rings. The molecule has 1 N–H and O–H groups in total. The minimum Gasteiger partial charge on any atom is -0.376 e. The first-order chi connectivity index (χ1) is 12.0. The number of nitrogens with zero attached hydrogens (tertiary/aromatic N) is 3. The van der Waals surface area contributed by atoms with Crippen LogP contribution in [-0.4, -0.2) is 39.1 Å². The Morgan fingerprint density at radius 2 is 2.20 bits per heavy atom. The minimum absolute atomic E-state index is 0.0389. The van der Waals surface area contributed by atoms with Crippen molar-refractivity contribution in [2.45, 2.75) is 51.4 Å². The van der Waals surface area contributed by atoms with Gasteiger partial charge in [-0.05, 0) is 50.8 Å². The standard InChI is InChI=1S/C18H24N4O2S/c1-12-6-4-8-16(13(12)2)19-17(23)11-25-18-21-20-14(3)22(18)10-15-7-5-9-24-15/h4,6,8,15H,5,7,9-11H2,1-3H3,(H,19,23)/t15-/m0/s1. The van der Waals surface area contributed by atoms with E-state index in [1.807, 2.05) is 43.5 Å². The molecule has 1 atom stereocenters. The van der Waals surface area contributed by atoms with Gasteiger partial charge in [0, 0.05) is 12.3 Å².